The third kappa shape index (κ3) is 7.18. The standard InChI is InChI=1S/C41H42N6O9/c1-25(9-7-8-18-44-23-34(42-43-44)32(24-48)29-10-5-4-6-11-29)41(54)33-19-31(47-37(52)21-39(47)56-27(3)50)16-17-35(33)45(40(41)53)22-28-12-14-30(15-13-28)46-36(51)20-38(46)55-26(2)49/h4-7,9-17,19,23,25,32,38-39,48,54H,8,18,20-22,24H2,1-3H3/b9-7+/t25-,32?,38?,39?,41+/m0/s1. The summed E-state index contributed by atoms with van der Waals surface area (Å²) < 4.78 is 12.2. The van der Waals surface area contributed by atoms with Crippen LogP contribution in [0.15, 0.2) is 91.1 Å². The highest BCUT2D eigenvalue weighted by atomic mass is 16.6. The molecule has 5 atom stereocenters. The van der Waals surface area contributed by atoms with Gasteiger partial charge in [-0.05, 0) is 47.9 Å². The van der Waals surface area contributed by atoms with Crippen LogP contribution in [0.3, 0.4) is 0 Å². The Morgan fingerprint density at radius 2 is 1.54 bits per heavy atom. The lowest BCUT2D eigenvalue weighted by Gasteiger charge is -2.39. The summed E-state index contributed by atoms with van der Waals surface area (Å²) in [5, 5.41) is 31.0. The largest absolute Gasteiger partial charge is 0.441 e. The molecule has 2 saturated heterocycles. The third-order valence-corrected chi connectivity index (χ3v) is 10.4. The van der Waals surface area contributed by atoms with Crippen molar-refractivity contribution in [2.75, 3.05) is 21.3 Å². The number of nitrogens with zero attached hydrogens (tertiary/aromatic N) is 6. The first-order chi connectivity index (χ1) is 26.9. The Morgan fingerprint density at radius 1 is 0.911 bits per heavy atom. The lowest BCUT2D eigenvalue weighted by Crippen LogP contribution is -2.55. The van der Waals surface area contributed by atoms with Crippen LogP contribution in [0, 0.1) is 5.92 Å². The Labute approximate surface area is 322 Å². The van der Waals surface area contributed by atoms with E-state index < -0.39 is 41.8 Å². The number of aromatic nitrogens is 3. The molecule has 0 radical (unpaired) electrons. The molecular formula is C41H42N6O9. The van der Waals surface area contributed by atoms with Gasteiger partial charge in [0.15, 0.2) is 18.1 Å². The predicted octanol–water partition coefficient (Wildman–Crippen LogP) is 3.67. The van der Waals surface area contributed by atoms with Gasteiger partial charge in [-0.15, -0.1) is 5.10 Å². The Balaban J connectivity index is 1.11. The molecule has 56 heavy (non-hydrogen) atoms. The lowest BCUT2D eigenvalue weighted by molar-refractivity contribution is -0.155. The first-order valence-electron chi connectivity index (χ1n) is 18.4. The number of aliphatic hydroxyl groups excluding tert-OH is 1. The summed E-state index contributed by atoms with van der Waals surface area (Å²) in [4.78, 5) is 66.9. The summed E-state index contributed by atoms with van der Waals surface area (Å²) in [6, 6.07) is 21.4. The van der Waals surface area contributed by atoms with E-state index in [1.165, 1.54) is 28.5 Å². The van der Waals surface area contributed by atoms with Gasteiger partial charge in [-0.2, -0.15) is 0 Å². The summed E-state index contributed by atoms with van der Waals surface area (Å²) in [7, 11) is 0. The van der Waals surface area contributed by atoms with Crippen molar-refractivity contribution in [3.63, 3.8) is 0 Å². The van der Waals surface area contributed by atoms with Crippen LogP contribution in [-0.2, 0) is 52.1 Å². The highest BCUT2D eigenvalue weighted by Crippen LogP contribution is 2.48. The number of aliphatic hydroxyl groups is 2. The van der Waals surface area contributed by atoms with Crippen molar-refractivity contribution in [3.05, 3.63) is 114 Å². The minimum atomic E-state index is -2.03. The molecule has 15 nitrogen and oxygen atoms in total. The van der Waals surface area contributed by atoms with Gasteiger partial charge in [0.05, 0.1) is 43.3 Å². The summed E-state index contributed by atoms with van der Waals surface area (Å²) in [5.74, 6) is -3.09. The van der Waals surface area contributed by atoms with Crippen LogP contribution in [0.2, 0.25) is 0 Å². The molecule has 2 N–H and O–H groups in total. The zero-order valence-corrected chi connectivity index (χ0v) is 31.1. The van der Waals surface area contributed by atoms with E-state index in [4.69, 9.17) is 9.47 Å². The Morgan fingerprint density at radius 3 is 2.14 bits per heavy atom. The van der Waals surface area contributed by atoms with Gasteiger partial charge >= 0.3 is 11.9 Å². The number of β-lactam (4-membered cyclic amide) rings is 2. The maximum atomic E-state index is 14.4. The number of aryl methyl sites for hydroxylation is 1. The normalized spacial score (nSPS) is 21.4. The molecule has 3 aliphatic heterocycles. The zero-order valence-electron chi connectivity index (χ0n) is 31.1. The van der Waals surface area contributed by atoms with Crippen LogP contribution in [0.1, 0.15) is 68.3 Å². The molecule has 4 heterocycles. The van der Waals surface area contributed by atoms with Crippen LogP contribution in [0.4, 0.5) is 17.1 Å². The van der Waals surface area contributed by atoms with E-state index >= 15 is 0 Å². The molecule has 3 unspecified atom stereocenters. The minimum Gasteiger partial charge on any atom is -0.441 e. The van der Waals surface area contributed by atoms with Crippen LogP contribution in [0.5, 0.6) is 0 Å². The minimum absolute atomic E-state index is 0.0198. The summed E-state index contributed by atoms with van der Waals surface area (Å²) in [6.45, 7) is 4.70. The van der Waals surface area contributed by atoms with Crippen molar-refractivity contribution in [3.8, 4) is 0 Å². The van der Waals surface area contributed by atoms with Crippen LogP contribution in [0.25, 0.3) is 0 Å². The summed E-state index contributed by atoms with van der Waals surface area (Å²) in [5.41, 5.74) is 1.90. The van der Waals surface area contributed by atoms with Crippen molar-refractivity contribution >= 4 is 46.7 Å². The number of carbonyl (C=O) groups excluding carboxylic acids is 5. The number of fused-ring (bicyclic) bond motifs is 1. The van der Waals surface area contributed by atoms with E-state index in [1.807, 2.05) is 36.4 Å². The molecule has 1 aromatic heterocycles. The number of amides is 3. The molecular weight excluding hydrogens is 720 g/mol. The first kappa shape index (κ1) is 38.1. The molecule has 15 heteroatoms. The number of hydrogen-bond donors (Lipinski definition) is 2. The molecule has 3 amide bonds. The number of benzene rings is 3. The van der Waals surface area contributed by atoms with E-state index in [9.17, 15) is 34.2 Å². The average molecular weight is 763 g/mol. The second kappa shape index (κ2) is 15.5. The van der Waals surface area contributed by atoms with Gasteiger partial charge in [0, 0.05) is 49.4 Å². The SMILES string of the molecule is CC(=O)OC1CC(=O)N1c1ccc(CN2C(=O)[C@@](O)([C@@H](C)/C=C/CCn3cc(C(CO)c4ccccc4)nn3)c3cc(N4C(=O)CC4OC(C)=O)ccc32)cc1. The van der Waals surface area contributed by atoms with Gasteiger partial charge in [0.2, 0.25) is 11.8 Å². The second-order valence-electron chi connectivity index (χ2n) is 14.1. The van der Waals surface area contributed by atoms with Gasteiger partial charge in [-0.3, -0.25) is 38.5 Å². The molecule has 0 saturated carbocycles. The molecule has 290 valence electrons. The number of anilines is 3. The number of allylic oxidation sites excluding steroid dienone is 1. The van der Waals surface area contributed by atoms with Crippen LogP contribution in [-0.4, -0.2) is 73.9 Å². The monoisotopic (exact) mass is 762 g/mol. The fourth-order valence-electron chi connectivity index (χ4n) is 7.44. The van der Waals surface area contributed by atoms with Crippen LogP contribution >= 0.6 is 0 Å². The fraction of sp³-hybridized carbons (Fsp3) is 0.341. The van der Waals surface area contributed by atoms with Gasteiger partial charge < -0.3 is 24.6 Å². The number of esters is 2. The maximum Gasteiger partial charge on any atom is 0.304 e. The topological polar surface area (TPSA) is 185 Å². The molecule has 2 fully saturated rings. The van der Waals surface area contributed by atoms with Crippen molar-refractivity contribution in [1.82, 2.24) is 15.0 Å². The van der Waals surface area contributed by atoms with Gasteiger partial charge in [-0.25, -0.2) is 0 Å². The highest BCUT2D eigenvalue weighted by molar-refractivity contribution is 6.08. The van der Waals surface area contributed by atoms with Crippen LogP contribution < -0.4 is 14.7 Å². The third-order valence-electron chi connectivity index (χ3n) is 10.4. The van der Waals surface area contributed by atoms with E-state index in [2.05, 4.69) is 10.3 Å². The number of rotatable bonds is 14. The lowest BCUT2D eigenvalue weighted by atomic mass is 9.82. The van der Waals surface area contributed by atoms with Gasteiger partial charge in [0.1, 0.15) is 0 Å². The van der Waals surface area contributed by atoms with Gasteiger partial charge in [0.25, 0.3) is 5.91 Å². The summed E-state index contributed by atoms with van der Waals surface area (Å²) >= 11 is 0. The number of hydrogen-bond acceptors (Lipinski definition) is 11. The van der Waals surface area contributed by atoms with Crippen molar-refractivity contribution in [2.45, 2.75) is 77.1 Å². The number of ether oxygens (including phenoxy) is 2. The quantitative estimate of drug-likeness (QED) is 0.109. The highest BCUT2D eigenvalue weighted by Gasteiger charge is 2.53. The average Bonchev–Trinajstić information content (AvgIpc) is 3.71. The van der Waals surface area contributed by atoms with Crippen molar-refractivity contribution in [2.24, 2.45) is 5.92 Å². The van der Waals surface area contributed by atoms with Crippen molar-refractivity contribution < 1.29 is 43.7 Å². The molecule has 0 spiro atoms. The zero-order chi connectivity index (χ0) is 39.7. The molecule has 3 aromatic carbocycles. The predicted molar refractivity (Wildman–Crippen MR) is 202 cm³/mol. The molecule has 0 bridgehead atoms. The van der Waals surface area contributed by atoms with Crippen molar-refractivity contribution in [1.29, 1.82) is 0 Å². The maximum absolute atomic E-state index is 14.4. The van der Waals surface area contributed by atoms with E-state index in [0.717, 1.165) is 5.56 Å². The molecule has 4 aromatic rings. The Hall–Kier alpha value is -6.19. The smallest absolute Gasteiger partial charge is 0.304 e. The molecule has 0 aliphatic carbocycles. The molecule has 3 aliphatic rings. The van der Waals surface area contributed by atoms with E-state index in [1.54, 1.807) is 66.3 Å². The first-order valence-corrected chi connectivity index (χ1v) is 18.4. The Bertz CT molecular complexity index is 2190. The fourth-order valence-corrected chi connectivity index (χ4v) is 7.44. The van der Waals surface area contributed by atoms with Gasteiger partial charge in [-0.1, -0.05) is 66.8 Å². The van der Waals surface area contributed by atoms with E-state index in [0.29, 0.717) is 46.8 Å². The summed E-state index contributed by atoms with van der Waals surface area (Å²) in [6.07, 6.45) is 4.56. The van der Waals surface area contributed by atoms with E-state index in [-0.39, 0.29) is 43.7 Å². The second-order valence-corrected chi connectivity index (χ2v) is 14.1. The number of carbonyl (C=O) groups is 5. The molecule has 7 rings (SSSR count). The Kier molecular flexibility index (Phi) is 10.6.